The molecule has 0 radical (unpaired) electrons. The number of nitrogen functional groups attached to an aromatic ring is 1. The van der Waals surface area contributed by atoms with Crippen LogP contribution in [0.25, 0.3) is 0 Å². The highest BCUT2D eigenvalue weighted by molar-refractivity contribution is 5.30. The van der Waals surface area contributed by atoms with Gasteiger partial charge in [0.15, 0.2) is 0 Å². The summed E-state index contributed by atoms with van der Waals surface area (Å²) < 4.78 is 2.01. The Hall–Kier alpha value is -0.990. The van der Waals surface area contributed by atoms with E-state index in [0.29, 0.717) is 6.04 Å². The summed E-state index contributed by atoms with van der Waals surface area (Å²) in [5.74, 6) is 1.57. The van der Waals surface area contributed by atoms with Gasteiger partial charge in [-0.05, 0) is 32.6 Å². The van der Waals surface area contributed by atoms with Gasteiger partial charge in [-0.1, -0.05) is 19.3 Å². The van der Waals surface area contributed by atoms with E-state index < -0.39 is 0 Å². The van der Waals surface area contributed by atoms with Gasteiger partial charge in [-0.3, -0.25) is 0 Å². The van der Waals surface area contributed by atoms with Crippen molar-refractivity contribution in [3.05, 3.63) is 11.8 Å². The van der Waals surface area contributed by atoms with E-state index in [2.05, 4.69) is 12.0 Å². The van der Waals surface area contributed by atoms with Crippen LogP contribution in [0.2, 0.25) is 0 Å². The van der Waals surface area contributed by atoms with E-state index in [0.717, 1.165) is 17.4 Å². The smallest absolute Gasteiger partial charge is 0.122 e. The molecule has 1 aromatic rings. The van der Waals surface area contributed by atoms with Gasteiger partial charge in [0.1, 0.15) is 5.82 Å². The van der Waals surface area contributed by atoms with Gasteiger partial charge in [0.05, 0.1) is 11.7 Å². The third kappa shape index (κ3) is 2.16. The minimum Gasteiger partial charge on any atom is -0.384 e. The normalized spacial score (nSPS) is 20.4. The maximum atomic E-state index is 5.95. The highest BCUT2D eigenvalue weighted by Gasteiger charge is 2.23. The molecule has 1 aromatic heterocycles. The first-order valence-corrected chi connectivity index (χ1v) is 6.00. The molecule has 0 aromatic carbocycles. The molecule has 2 N–H and O–H groups in total. The first-order chi connectivity index (χ1) is 7.18. The number of hydrogen-bond donors (Lipinski definition) is 1. The monoisotopic (exact) mass is 207 g/mol. The summed E-state index contributed by atoms with van der Waals surface area (Å²) >= 11 is 0. The third-order valence-corrected chi connectivity index (χ3v) is 3.60. The van der Waals surface area contributed by atoms with Gasteiger partial charge < -0.3 is 5.73 Å². The number of anilines is 1. The Morgan fingerprint density at radius 1 is 1.40 bits per heavy atom. The zero-order valence-electron chi connectivity index (χ0n) is 9.74. The molecule has 0 amide bonds. The summed E-state index contributed by atoms with van der Waals surface area (Å²) in [5, 5.41) is 4.48. The number of hydrogen-bond acceptors (Lipinski definition) is 2. The molecular weight excluding hydrogens is 186 g/mol. The Labute approximate surface area is 91.7 Å². The van der Waals surface area contributed by atoms with Crippen LogP contribution in [0.15, 0.2) is 6.07 Å². The lowest BCUT2D eigenvalue weighted by Crippen LogP contribution is -2.21. The summed E-state index contributed by atoms with van der Waals surface area (Å²) in [7, 11) is 0. The molecule has 1 aliphatic carbocycles. The minimum absolute atomic E-state index is 0.457. The van der Waals surface area contributed by atoms with E-state index in [-0.39, 0.29) is 0 Å². The molecule has 3 heteroatoms. The summed E-state index contributed by atoms with van der Waals surface area (Å²) in [6.07, 6.45) is 6.81. The van der Waals surface area contributed by atoms with E-state index in [1.54, 1.807) is 0 Å². The van der Waals surface area contributed by atoms with Crippen molar-refractivity contribution in [1.82, 2.24) is 9.78 Å². The van der Waals surface area contributed by atoms with Crippen molar-refractivity contribution in [1.29, 1.82) is 0 Å². The molecule has 2 rings (SSSR count). The number of nitrogens with two attached hydrogens (primary N) is 1. The van der Waals surface area contributed by atoms with Gasteiger partial charge in [0.25, 0.3) is 0 Å². The number of aryl methyl sites for hydroxylation is 1. The zero-order chi connectivity index (χ0) is 10.8. The lowest BCUT2D eigenvalue weighted by Gasteiger charge is -2.28. The van der Waals surface area contributed by atoms with Crippen LogP contribution >= 0.6 is 0 Å². The molecule has 84 valence electrons. The second kappa shape index (κ2) is 4.25. The highest BCUT2D eigenvalue weighted by atomic mass is 15.3. The number of rotatable bonds is 2. The largest absolute Gasteiger partial charge is 0.384 e. The van der Waals surface area contributed by atoms with Gasteiger partial charge in [-0.2, -0.15) is 5.10 Å². The van der Waals surface area contributed by atoms with Gasteiger partial charge in [-0.25, -0.2) is 4.68 Å². The molecule has 0 saturated heterocycles. The molecule has 1 atom stereocenters. The fourth-order valence-electron chi connectivity index (χ4n) is 2.68. The number of aromatic nitrogens is 2. The Balaban J connectivity index is 2.12. The molecule has 1 fully saturated rings. The van der Waals surface area contributed by atoms with Crippen LogP contribution in [-0.4, -0.2) is 9.78 Å². The average Bonchev–Trinajstić information content (AvgIpc) is 2.58. The highest BCUT2D eigenvalue weighted by Crippen LogP contribution is 2.33. The van der Waals surface area contributed by atoms with Crippen LogP contribution in [0, 0.1) is 12.8 Å². The molecule has 1 unspecified atom stereocenters. The molecule has 3 nitrogen and oxygen atoms in total. The molecule has 1 aliphatic rings. The van der Waals surface area contributed by atoms with Gasteiger partial charge in [-0.15, -0.1) is 0 Å². The molecular formula is C12H21N3. The van der Waals surface area contributed by atoms with Gasteiger partial charge in [0, 0.05) is 6.07 Å². The van der Waals surface area contributed by atoms with Crippen molar-refractivity contribution in [3.63, 3.8) is 0 Å². The molecule has 1 heterocycles. The van der Waals surface area contributed by atoms with E-state index in [4.69, 9.17) is 5.73 Å². The van der Waals surface area contributed by atoms with Crippen molar-refractivity contribution in [3.8, 4) is 0 Å². The summed E-state index contributed by atoms with van der Waals surface area (Å²) in [6.45, 7) is 4.25. The van der Waals surface area contributed by atoms with E-state index >= 15 is 0 Å². The molecule has 0 bridgehead atoms. The lowest BCUT2D eigenvalue weighted by molar-refractivity contribution is 0.252. The van der Waals surface area contributed by atoms with Crippen LogP contribution in [0.5, 0.6) is 0 Å². The first kappa shape index (κ1) is 10.5. The molecule has 1 saturated carbocycles. The standard InChI is InChI=1S/C12H21N3/c1-9-8-12(13)15(14-9)10(2)11-6-4-3-5-7-11/h8,10-11H,3-7,13H2,1-2H3. The summed E-state index contributed by atoms with van der Waals surface area (Å²) in [6, 6.07) is 2.42. The van der Waals surface area contributed by atoms with Crippen LogP contribution in [0.4, 0.5) is 5.82 Å². The molecule has 0 spiro atoms. The summed E-state index contributed by atoms with van der Waals surface area (Å²) in [4.78, 5) is 0. The fourth-order valence-corrected chi connectivity index (χ4v) is 2.68. The molecule has 0 aliphatic heterocycles. The van der Waals surface area contributed by atoms with Crippen molar-refractivity contribution < 1.29 is 0 Å². The topological polar surface area (TPSA) is 43.8 Å². The van der Waals surface area contributed by atoms with Gasteiger partial charge >= 0.3 is 0 Å². The third-order valence-electron chi connectivity index (χ3n) is 3.60. The lowest BCUT2D eigenvalue weighted by atomic mass is 9.84. The number of nitrogens with zero attached hydrogens (tertiary/aromatic N) is 2. The van der Waals surface area contributed by atoms with Crippen LogP contribution < -0.4 is 5.73 Å². The average molecular weight is 207 g/mol. The predicted molar refractivity (Wildman–Crippen MR) is 62.7 cm³/mol. The van der Waals surface area contributed by atoms with E-state index in [9.17, 15) is 0 Å². The van der Waals surface area contributed by atoms with Crippen molar-refractivity contribution in [2.45, 2.75) is 52.0 Å². The Bertz CT molecular complexity index is 324. The Kier molecular flexibility index (Phi) is 2.98. The Morgan fingerprint density at radius 2 is 2.07 bits per heavy atom. The van der Waals surface area contributed by atoms with Crippen LogP contribution in [0.1, 0.15) is 50.8 Å². The van der Waals surface area contributed by atoms with Crippen LogP contribution in [-0.2, 0) is 0 Å². The maximum absolute atomic E-state index is 5.95. The SMILES string of the molecule is Cc1cc(N)n(C(C)C2CCCCC2)n1. The molecule has 15 heavy (non-hydrogen) atoms. The van der Waals surface area contributed by atoms with Crippen molar-refractivity contribution >= 4 is 5.82 Å². The minimum atomic E-state index is 0.457. The van der Waals surface area contributed by atoms with Crippen molar-refractivity contribution in [2.75, 3.05) is 5.73 Å². The Morgan fingerprint density at radius 3 is 2.60 bits per heavy atom. The fraction of sp³-hybridized carbons (Fsp3) is 0.750. The van der Waals surface area contributed by atoms with Gasteiger partial charge in [0.2, 0.25) is 0 Å². The quantitative estimate of drug-likeness (QED) is 0.810. The summed E-state index contributed by atoms with van der Waals surface area (Å²) in [5.41, 5.74) is 6.97. The predicted octanol–water partition coefficient (Wildman–Crippen LogP) is 2.92. The van der Waals surface area contributed by atoms with E-state index in [1.807, 2.05) is 17.7 Å². The zero-order valence-corrected chi connectivity index (χ0v) is 9.74. The maximum Gasteiger partial charge on any atom is 0.122 e. The van der Waals surface area contributed by atoms with Crippen LogP contribution in [0.3, 0.4) is 0 Å². The van der Waals surface area contributed by atoms with Crippen molar-refractivity contribution in [2.24, 2.45) is 5.92 Å². The second-order valence-corrected chi connectivity index (χ2v) is 4.79. The second-order valence-electron chi connectivity index (χ2n) is 4.79. The van der Waals surface area contributed by atoms with E-state index in [1.165, 1.54) is 32.1 Å². The first-order valence-electron chi connectivity index (χ1n) is 6.00.